The summed E-state index contributed by atoms with van der Waals surface area (Å²) in [5.74, 6) is -0.377. The summed E-state index contributed by atoms with van der Waals surface area (Å²) in [7, 11) is 0. The van der Waals surface area contributed by atoms with E-state index >= 15 is 0 Å². The molecule has 0 unspecified atom stereocenters. The van der Waals surface area contributed by atoms with Crippen LogP contribution >= 0.6 is 34.8 Å². The van der Waals surface area contributed by atoms with Gasteiger partial charge in [0.05, 0.1) is 11.1 Å². The minimum absolute atomic E-state index is 0.0676. The van der Waals surface area contributed by atoms with Crippen molar-refractivity contribution in [2.24, 2.45) is 0 Å². The van der Waals surface area contributed by atoms with Gasteiger partial charge in [0, 0.05) is 15.6 Å². The normalized spacial score (nSPS) is 12.0. The third-order valence-electron chi connectivity index (χ3n) is 2.99. The van der Waals surface area contributed by atoms with Crippen molar-refractivity contribution in [1.82, 2.24) is 5.32 Å². The van der Waals surface area contributed by atoms with Crippen molar-refractivity contribution in [3.8, 4) is 5.75 Å². The SMILES string of the molecule is C[C@H](NC(=O)c1ccc(O)c(Cl)c1)c1ccc(Cl)cc1Cl. The molecule has 3 nitrogen and oxygen atoms in total. The molecule has 0 fully saturated rings. The second kappa shape index (κ2) is 6.56. The van der Waals surface area contributed by atoms with Gasteiger partial charge in [0.1, 0.15) is 5.75 Å². The summed E-state index contributed by atoms with van der Waals surface area (Å²) >= 11 is 17.7. The molecule has 2 rings (SSSR count). The Kier molecular flexibility index (Phi) is 4.99. The maximum absolute atomic E-state index is 12.1. The molecule has 2 N–H and O–H groups in total. The zero-order chi connectivity index (χ0) is 15.6. The van der Waals surface area contributed by atoms with Crippen molar-refractivity contribution in [2.75, 3.05) is 0 Å². The quantitative estimate of drug-likeness (QED) is 0.836. The Morgan fingerprint density at radius 2 is 1.81 bits per heavy atom. The van der Waals surface area contributed by atoms with Crippen molar-refractivity contribution < 1.29 is 9.90 Å². The van der Waals surface area contributed by atoms with Gasteiger partial charge < -0.3 is 10.4 Å². The number of phenols is 1. The number of hydrogen-bond donors (Lipinski definition) is 2. The molecule has 2 aromatic rings. The number of nitrogens with one attached hydrogen (secondary N) is 1. The van der Waals surface area contributed by atoms with Crippen LogP contribution in [0.25, 0.3) is 0 Å². The van der Waals surface area contributed by atoms with Gasteiger partial charge in [0.2, 0.25) is 0 Å². The standard InChI is InChI=1S/C15H12Cl3NO2/c1-8(11-4-3-10(16)7-12(11)17)19-15(21)9-2-5-14(20)13(18)6-9/h2-8,20H,1H3,(H,19,21)/t8-/m0/s1. The van der Waals surface area contributed by atoms with Gasteiger partial charge in [0.25, 0.3) is 5.91 Å². The molecule has 0 aliphatic heterocycles. The van der Waals surface area contributed by atoms with E-state index in [2.05, 4.69) is 5.32 Å². The van der Waals surface area contributed by atoms with Gasteiger partial charge in [-0.25, -0.2) is 0 Å². The molecule has 0 aliphatic rings. The number of hydrogen-bond acceptors (Lipinski definition) is 2. The van der Waals surface area contributed by atoms with Crippen molar-refractivity contribution in [2.45, 2.75) is 13.0 Å². The fourth-order valence-electron chi connectivity index (χ4n) is 1.86. The molecule has 0 bridgehead atoms. The van der Waals surface area contributed by atoms with E-state index in [0.29, 0.717) is 15.6 Å². The first-order valence-electron chi connectivity index (χ1n) is 6.13. The second-order valence-electron chi connectivity index (χ2n) is 4.53. The number of carbonyl (C=O) groups is 1. The Hall–Kier alpha value is -1.42. The highest BCUT2D eigenvalue weighted by Gasteiger charge is 2.15. The molecule has 0 radical (unpaired) electrons. The lowest BCUT2D eigenvalue weighted by atomic mass is 10.1. The third-order valence-corrected chi connectivity index (χ3v) is 3.85. The first-order valence-corrected chi connectivity index (χ1v) is 7.26. The van der Waals surface area contributed by atoms with Crippen molar-refractivity contribution in [1.29, 1.82) is 0 Å². The van der Waals surface area contributed by atoms with Gasteiger partial charge in [-0.3, -0.25) is 4.79 Å². The molecular formula is C15H12Cl3NO2. The summed E-state index contributed by atoms with van der Waals surface area (Å²) in [6, 6.07) is 9.07. The van der Waals surface area contributed by atoms with E-state index in [9.17, 15) is 9.90 Å². The molecule has 0 aliphatic carbocycles. The molecule has 0 saturated heterocycles. The zero-order valence-electron chi connectivity index (χ0n) is 11.0. The van der Waals surface area contributed by atoms with E-state index in [1.807, 2.05) is 6.92 Å². The number of amides is 1. The summed E-state index contributed by atoms with van der Waals surface area (Å²) < 4.78 is 0. The highest BCUT2D eigenvalue weighted by molar-refractivity contribution is 6.35. The van der Waals surface area contributed by atoms with E-state index in [4.69, 9.17) is 34.8 Å². The van der Waals surface area contributed by atoms with Crippen LogP contribution in [-0.2, 0) is 0 Å². The average Bonchev–Trinajstić information content (AvgIpc) is 2.41. The Morgan fingerprint density at radius 3 is 2.43 bits per heavy atom. The number of phenolic OH excluding ortho intramolecular Hbond substituents is 1. The van der Waals surface area contributed by atoms with Gasteiger partial charge in [-0.05, 0) is 42.8 Å². The summed E-state index contributed by atoms with van der Waals surface area (Å²) in [6.45, 7) is 1.81. The predicted molar refractivity (Wildman–Crippen MR) is 85.5 cm³/mol. The second-order valence-corrected chi connectivity index (χ2v) is 5.78. The number of carbonyl (C=O) groups excluding carboxylic acids is 1. The molecule has 21 heavy (non-hydrogen) atoms. The van der Waals surface area contributed by atoms with Gasteiger partial charge in [-0.1, -0.05) is 40.9 Å². The highest BCUT2D eigenvalue weighted by Crippen LogP contribution is 2.27. The predicted octanol–water partition coefficient (Wildman–Crippen LogP) is 4.84. The van der Waals surface area contributed by atoms with Gasteiger partial charge >= 0.3 is 0 Å². The van der Waals surface area contributed by atoms with Crippen LogP contribution in [0.3, 0.4) is 0 Å². The average molecular weight is 345 g/mol. The minimum Gasteiger partial charge on any atom is -0.506 e. The van der Waals surface area contributed by atoms with Crippen molar-refractivity contribution in [3.63, 3.8) is 0 Å². The maximum Gasteiger partial charge on any atom is 0.251 e. The third kappa shape index (κ3) is 3.82. The first kappa shape index (κ1) is 16.0. The molecule has 110 valence electrons. The lowest BCUT2D eigenvalue weighted by molar-refractivity contribution is 0.0940. The molecule has 0 spiro atoms. The smallest absolute Gasteiger partial charge is 0.251 e. The van der Waals surface area contributed by atoms with E-state index in [1.54, 1.807) is 18.2 Å². The minimum atomic E-state index is -0.310. The summed E-state index contributed by atoms with van der Waals surface area (Å²) in [5.41, 5.74) is 1.12. The van der Waals surface area contributed by atoms with Crippen LogP contribution in [0.15, 0.2) is 36.4 Å². The van der Waals surface area contributed by atoms with Crippen LogP contribution in [0.1, 0.15) is 28.9 Å². The number of aromatic hydroxyl groups is 1. The molecule has 1 amide bonds. The summed E-state index contributed by atoms with van der Waals surface area (Å²) in [4.78, 5) is 12.1. The van der Waals surface area contributed by atoms with Gasteiger partial charge in [-0.2, -0.15) is 0 Å². The molecule has 0 aromatic heterocycles. The number of halogens is 3. The fourth-order valence-corrected chi connectivity index (χ4v) is 2.61. The lowest BCUT2D eigenvalue weighted by Gasteiger charge is -2.16. The van der Waals surface area contributed by atoms with Crippen LogP contribution in [-0.4, -0.2) is 11.0 Å². The Balaban J connectivity index is 2.16. The van der Waals surface area contributed by atoms with E-state index in [1.165, 1.54) is 18.2 Å². The molecule has 6 heteroatoms. The maximum atomic E-state index is 12.1. The molecule has 1 atom stereocenters. The molecule has 0 heterocycles. The first-order chi connectivity index (χ1) is 9.88. The van der Waals surface area contributed by atoms with Gasteiger partial charge in [-0.15, -0.1) is 0 Å². The van der Waals surface area contributed by atoms with E-state index in [0.717, 1.165) is 5.56 Å². The Morgan fingerprint density at radius 1 is 1.10 bits per heavy atom. The van der Waals surface area contributed by atoms with Crippen LogP contribution in [0, 0.1) is 0 Å². The Bertz CT molecular complexity index is 689. The summed E-state index contributed by atoms with van der Waals surface area (Å²) in [6.07, 6.45) is 0. The summed E-state index contributed by atoms with van der Waals surface area (Å²) in [5, 5.41) is 13.3. The van der Waals surface area contributed by atoms with Crippen LogP contribution in [0.4, 0.5) is 0 Å². The molecule has 2 aromatic carbocycles. The Labute approximate surface area is 137 Å². The number of benzene rings is 2. The zero-order valence-corrected chi connectivity index (χ0v) is 13.3. The highest BCUT2D eigenvalue weighted by atomic mass is 35.5. The molecule has 0 saturated carbocycles. The van der Waals surface area contributed by atoms with Crippen LogP contribution < -0.4 is 5.32 Å². The fraction of sp³-hybridized carbons (Fsp3) is 0.133. The van der Waals surface area contributed by atoms with Crippen LogP contribution in [0.5, 0.6) is 5.75 Å². The van der Waals surface area contributed by atoms with E-state index in [-0.39, 0.29) is 22.7 Å². The largest absolute Gasteiger partial charge is 0.506 e. The molecular weight excluding hydrogens is 333 g/mol. The topological polar surface area (TPSA) is 49.3 Å². The van der Waals surface area contributed by atoms with Gasteiger partial charge in [0.15, 0.2) is 0 Å². The van der Waals surface area contributed by atoms with E-state index < -0.39 is 0 Å². The lowest BCUT2D eigenvalue weighted by Crippen LogP contribution is -2.26. The monoisotopic (exact) mass is 343 g/mol. The van der Waals surface area contributed by atoms with Crippen molar-refractivity contribution >= 4 is 40.7 Å². The van der Waals surface area contributed by atoms with Crippen LogP contribution in [0.2, 0.25) is 15.1 Å². The number of rotatable bonds is 3. The van der Waals surface area contributed by atoms with Crippen molar-refractivity contribution in [3.05, 3.63) is 62.6 Å².